The first-order valence-corrected chi connectivity index (χ1v) is 14.7. The van der Waals surface area contributed by atoms with Crippen molar-refractivity contribution in [2.24, 2.45) is 5.41 Å². The molecule has 1 aliphatic carbocycles. The van der Waals surface area contributed by atoms with Gasteiger partial charge in [0.15, 0.2) is 0 Å². The quantitative estimate of drug-likeness (QED) is 0.360. The Morgan fingerprint density at radius 1 is 1.03 bits per heavy atom. The van der Waals surface area contributed by atoms with Crippen molar-refractivity contribution in [3.05, 3.63) is 71.1 Å². The first-order chi connectivity index (χ1) is 18.0. The van der Waals surface area contributed by atoms with Crippen LogP contribution in [0.5, 0.6) is 11.5 Å². The number of hydrogen-bond donors (Lipinski definition) is 0. The lowest BCUT2D eigenvalue weighted by molar-refractivity contribution is 0.242. The largest absolute Gasteiger partial charge is 0.497 e. The van der Waals surface area contributed by atoms with Crippen LogP contribution >= 0.6 is 11.8 Å². The first kappa shape index (κ1) is 25.8. The number of methoxy groups -OCH3 is 1. The van der Waals surface area contributed by atoms with Gasteiger partial charge in [0.2, 0.25) is 5.75 Å². The third-order valence-electron chi connectivity index (χ3n) is 6.84. The van der Waals surface area contributed by atoms with Gasteiger partial charge in [0.05, 0.1) is 30.7 Å². The number of hydrogen-bond acceptors (Lipinski definition) is 7. The van der Waals surface area contributed by atoms with Gasteiger partial charge in [-0.05, 0) is 49.2 Å². The minimum absolute atomic E-state index is 0.141. The maximum atomic E-state index is 13.5. The molecule has 37 heavy (non-hydrogen) atoms. The molecule has 0 bridgehead atoms. The molecule has 1 aliphatic heterocycles. The number of para-hydroxylation sites is 1. The van der Waals surface area contributed by atoms with Crippen molar-refractivity contribution in [1.82, 2.24) is 14.1 Å². The lowest BCUT2D eigenvalue weighted by atomic mass is 10.2. The average molecular weight is 541 g/mol. The highest BCUT2D eigenvalue weighted by atomic mass is 32.2. The zero-order valence-electron chi connectivity index (χ0n) is 21.2. The average Bonchev–Trinajstić information content (AvgIpc) is 3.68. The first-order valence-electron chi connectivity index (χ1n) is 12.4. The van der Waals surface area contributed by atoms with Crippen LogP contribution in [0.2, 0.25) is 0 Å². The third-order valence-corrected chi connectivity index (χ3v) is 9.66. The Kier molecular flexibility index (Phi) is 7.87. The van der Waals surface area contributed by atoms with E-state index in [9.17, 15) is 9.00 Å². The molecule has 2 aliphatic rings. The molecule has 0 N–H and O–H groups in total. The third kappa shape index (κ3) is 6.19. The molecule has 1 atom stereocenters. The van der Waals surface area contributed by atoms with Crippen LogP contribution in [0.25, 0.3) is 5.69 Å². The lowest BCUT2D eigenvalue weighted by Gasteiger charge is -2.35. The molecule has 1 aromatic heterocycles. The van der Waals surface area contributed by atoms with Crippen molar-refractivity contribution >= 4 is 28.4 Å². The fourth-order valence-electron chi connectivity index (χ4n) is 4.14. The summed E-state index contributed by atoms with van der Waals surface area (Å²) in [6.45, 7) is 5.25. The van der Waals surface area contributed by atoms with E-state index in [0.29, 0.717) is 55.0 Å². The molecule has 0 radical (unpaired) electrons. The Morgan fingerprint density at radius 3 is 2.38 bits per heavy atom. The summed E-state index contributed by atoms with van der Waals surface area (Å²) >= 11 is 1.57. The van der Waals surface area contributed by atoms with Gasteiger partial charge < -0.3 is 14.4 Å². The van der Waals surface area contributed by atoms with Crippen molar-refractivity contribution in [2.45, 2.75) is 24.7 Å². The molecular weight excluding hydrogens is 508 g/mol. The van der Waals surface area contributed by atoms with Crippen molar-refractivity contribution in [2.75, 3.05) is 49.9 Å². The van der Waals surface area contributed by atoms with Crippen LogP contribution < -0.4 is 19.9 Å². The summed E-state index contributed by atoms with van der Waals surface area (Å²) in [5.74, 6) is 1.15. The van der Waals surface area contributed by atoms with E-state index >= 15 is 0 Å². The van der Waals surface area contributed by atoms with E-state index in [0.717, 1.165) is 23.5 Å². The minimum Gasteiger partial charge on any atom is -0.497 e. The van der Waals surface area contributed by atoms with E-state index in [1.54, 1.807) is 25.1 Å². The summed E-state index contributed by atoms with van der Waals surface area (Å²) in [6.07, 6.45) is 3.95. The van der Waals surface area contributed by atoms with Crippen LogP contribution in [0.15, 0.2) is 70.5 Å². The number of aromatic nitrogens is 2. The van der Waals surface area contributed by atoms with E-state index in [2.05, 4.69) is 16.9 Å². The summed E-state index contributed by atoms with van der Waals surface area (Å²) in [7, 11) is 0.538. The van der Waals surface area contributed by atoms with Gasteiger partial charge in [0.25, 0.3) is 0 Å². The molecule has 0 spiro atoms. The van der Waals surface area contributed by atoms with Crippen LogP contribution in [0, 0.1) is 5.41 Å². The van der Waals surface area contributed by atoms with Crippen LogP contribution in [0.4, 0.5) is 5.69 Å². The summed E-state index contributed by atoms with van der Waals surface area (Å²) < 4.78 is 27.7. The number of anilines is 1. The Bertz CT molecular complexity index is 1290. The van der Waals surface area contributed by atoms with E-state index in [4.69, 9.17) is 9.47 Å². The second kappa shape index (κ2) is 11.3. The molecule has 196 valence electrons. The van der Waals surface area contributed by atoms with Crippen molar-refractivity contribution in [1.29, 1.82) is 0 Å². The van der Waals surface area contributed by atoms with Crippen LogP contribution in [0.1, 0.15) is 19.8 Å². The van der Waals surface area contributed by atoms with Gasteiger partial charge in [0, 0.05) is 36.5 Å². The zero-order chi connectivity index (χ0) is 25.8. The van der Waals surface area contributed by atoms with Gasteiger partial charge in [-0.25, -0.2) is 8.51 Å². The normalized spacial score (nSPS) is 17.8. The van der Waals surface area contributed by atoms with Crippen LogP contribution in [-0.4, -0.2) is 63.3 Å². The highest BCUT2D eigenvalue weighted by Crippen LogP contribution is 2.45. The number of benzene rings is 2. The van der Waals surface area contributed by atoms with Gasteiger partial charge in [-0.3, -0.25) is 4.79 Å². The molecule has 3 aromatic rings. The number of piperazine rings is 1. The van der Waals surface area contributed by atoms with E-state index < -0.39 is 11.0 Å². The van der Waals surface area contributed by atoms with Gasteiger partial charge in [0.1, 0.15) is 22.4 Å². The molecule has 0 amide bonds. The standard InChI is InChI=1S/C27H32N4O4S2/c1-27(12-13-27)19-35-25-24(18-28-31(26(25)32)21-6-4-3-5-7-21)29-14-16-30(17-15-29)37(33)20-36-23-10-8-22(34-2)9-11-23/h3-11,18H,12-17,19-20H2,1-2H3. The van der Waals surface area contributed by atoms with E-state index in [1.807, 2.05) is 58.9 Å². The Morgan fingerprint density at radius 2 is 1.73 bits per heavy atom. The van der Waals surface area contributed by atoms with Crippen LogP contribution in [0.3, 0.4) is 0 Å². The lowest BCUT2D eigenvalue weighted by Crippen LogP contribution is -2.47. The maximum Gasteiger partial charge on any atom is 0.316 e. The summed E-state index contributed by atoms with van der Waals surface area (Å²) in [5, 5.41) is 4.96. The van der Waals surface area contributed by atoms with Gasteiger partial charge >= 0.3 is 5.56 Å². The number of thioether (sulfide) groups is 1. The molecule has 1 saturated carbocycles. The molecular formula is C27H32N4O4S2. The fourth-order valence-corrected chi connectivity index (χ4v) is 6.59. The number of rotatable bonds is 10. The molecule has 1 unspecified atom stereocenters. The summed E-state index contributed by atoms with van der Waals surface area (Å²) in [6, 6.07) is 17.2. The molecule has 1 saturated heterocycles. The topological polar surface area (TPSA) is 76.9 Å². The smallest absolute Gasteiger partial charge is 0.316 e. The predicted octanol–water partition coefficient (Wildman–Crippen LogP) is 3.96. The maximum absolute atomic E-state index is 13.5. The molecule has 2 fully saturated rings. The van der Waals surface area contributed by atoms with Gasteiger partial charge in [-0.15, -0.1) is 11.8 Å². The second-order valence-corrected chi connectivity index (χ2v) is 12.5. The Labute approximate surface area is 224 Å². The van der Waals surface area contributed by atoms with Crippen molar-refractivity contribution in [3.63, 3.8) is 0 Å². The highest BCUT2D eigenvalue weighted by Gasteiger charge is 2.39. The monoisotopic (exact) mass is 540 g/mol. The zero-order valence-corrected chi connectivity index (χ0v) is 22.8. The van der Waals surface area contributed by atoms with Crippen molar-refractivity contribution in [3.8, 4) is 17.2 Å². The van der Waals surface area contributed by atoms with E-state index in [1.165, 1.54) is 4.68 Å². The number of nitrogens with zero attached hydrogens (tertiary/aromatic N) is 4. The summed E-state index contributed by atoms with van der Waals surface area (Å²) in [4.78, 5) is 16.7. The Balaban J connectivity index is 1.26. The Hall–Kier alpha value is -2.82. The molecule has 10 heteroatoms. The van der Waals surface area contributed by atoms with E-state index in [-0.39, 0.29) is 11.0 Å². The molecule has 8 nitrogen and oxygen atoms in total. The molecule has 5 rings (SSSR count). The highest BCUT2D eigenvalue weighted by molar-refractivity contribution is 8.09. The predicted molar refractivity (Wildman–Crippen MR) is 148 cm³/mol. The van der Waals surface area contributed by atoms with Gasteiger partial charge in [-0.2, -0.15) is 9.78 Å². The second-order valence-electron chi connectivity index (χ2n) is 9.69. The van der Waals surface area contributed by atoms with Gasteiger partial charge in [-0.1, -0.05) is 25.1 Å². The van der Waals surface area contributed by atoms with Crippen molar-refractivity contribution < 1.29 is 13.7 Å². The fraction of sp³-hybridized carbons (Fsp3) is 0.407. The molecule has 2 aromatic carbocycles. The van der Waals surface area contributed by atoms with Crippen LogP contribution in [-0.2, 0) is 11.0 Å². The number of ether oxygens (including phenoxy) is 2. The SMILES string of the molecule is COc1ccc(SCS(=O)N2CCN(c3cnn(-c4ccccc4)c(=O)c3OCC3(C)CC3)CC2)cc1. The summed E-state index contributed by atoms with van der Waals surface area (Å²) in [5.41, 5.74) is 1.30. The minimum atomic E-state index is -1.11. The molecule has 2 heterocycles.